The van der Waals surface area contributed by atoms with Crippen molar-refractivity contribution in [3.05, 3.63) is 52.0 Å². The number of fused-ring (bicyclic) bond motifs is 1. The first-order chi connectivity index (χ1) is 18.0. The molecule has 3 rings (SSSR count). The van der Waals surface area contributed by atoms with Crippen LogP contribution in [0.5, 0.6) is 11.5 Å². The fourth-order valence-corrected chi connectivity index (χ4v) is 5.42. The molecule has 2 aromatic carbocycles. The lowest BCUT2D eigenvalue weighted by atomic mass is 10.1. The molecule has 0 spiro atoms. The Bertz CT molecular complexity index is 1270. The number of carbonyl (C=O) groups is 2. The van der Waals surface area contributed by atoms with E-state index in [1.54, 1.807) is 43.3 Å². The quantitative estimate of drug-likeness (QED) is 0.422. The molecule has 0 aromatic heterocycles. The molecule has 1 atom stereocenters. The Morgan fingerprint density at radius 1 is 1.00 bits per heavy atom. The molecule has 0 bridgehead atoms. The van der Waals surface area contributed by atoms with E-state index in [1.165, 1.54) is 11.8 Å². The molecule has 1 aliphatic rings. The molecule has 0 fully saturated rings. The Kier molecular flexibility index (Phi) is 10.1. The summed E-state index contributed by atoms with van der Waals surface area (Å²) in [6.45, 7) is 7.19. The molecule has 0 saturated heterocycles. The molecule has 208 valence electrons. The van der Waals surface area contributed by atoms with Crippen LogP contribution in [0.15, 0.2) is 36.4 Å². The molecule has 2 amide bonds. The Labute approximate surface area is 234 Å². The first-order valence-electron chi connectivity index (χ1n) is 12.4. The summed E-state index contributed by atoms with van der Waals surface area (Å²) < 4.78 is 38.5. The number of hydrogen-bond acceptors (Lipinski definition) is 6. The maximum absolute atomic E-state index is 13.8. The second kappa shape index (κ2) is 12.9. The van der Waals surface area contributed by atoms with Crippen LogP contribution in [0, 0.1) is 0 Å². The third-order valence-electron chi connectivity index (χ3n) is 5.95. The molecule has 0 unspecified atom stereocenters. The molecule has 0 saturated carbocycles. The number of sulfonamides is 1. The van der Waals surface area contributed by atoms with Gasteiger partial charge in [0.05, 0.1) is 21.5 Å². The van der Waals surface area contributed by atoms with Gasteiger partial charge in [0.2, 0.25) is 21.8 Å². The van der Waals surface area contributed by atoms with E-state index < -0.39 is 28.5 Å². The largest absolute Gasteiger partial charge is 0.486 e. The smallest absolute Gasteiger partial charge is 0.244 e. The van der Waals surface area contributed by atoms with Gasteiger partial charge in [-0.25, -0.2) is 8.42 Å². The summed E-state index contributed by atoms with van der Waals surface area (Å²) in [5.74, 6) is -0.216. The third-order valence-corrected chi connectivity index (χ3v) is 8.43. The summed E-state index contributed by atoms with van der Waals surface area (Å²) in [6, 6.07) is 8.69. The summed E-state index contributed by atoms with van der Waals surface area (Å²) >= 11 is 12.3. The fourth-order valence-electron chi connectivity index (χ4n) is 4.04. The van der Waals surface area contributed by atoms with Gasteiger partial charge in [0.15, 0.2) is 11.5 Å². The van der Waals surface area contributed by atoms with Gasteiger partial charge in [-0.1, -0.05) is 36.2 Å². The van der Waals surface area contributed by atoms with Crippen LogP contribution in [0.4, 0.5) is 5.69 Å². The molecule has 2 aromatic rings. The molecule has 1 N–H and O–H groups in total. The molecular weight excluding hydrogens is 553 g/mol. The van der Waals surface area contributed by atoms with Crippen molar-refractivity contribution in [1.82, 2.24) is 10.2 Å². The predicted octanol–water partition coefficient (Wildman–Crippen LogP) is 4.25. The highest BCUT2D eigenvalue weighted by atomic mass is 35.5. The second-order valence-electron chi connectivity index (χ2n) is 9.09. The van der Waals surface area contributed by atoms with Crippen molar-refractivity contribution in [1.29, 1.82) is 0 Å². The van der Waals surface area contributed by atoms with Crippen LogP contribution < -0.4 is 19.1 Å². The van der Waals surface area contributed by atoms with Gasteiger partial charge < -0.3 is 19.7 Å². The zero-order chi connectivity index (χ0) is 28.0. The summed E-state index contributed by atoms with van der Waals surface area (Å²) in [5.41, 5.74) is 0.909. The SMILES string of the molecule is CC[C@@H](C(=O)NC(C)C)N(Cc1ccc(Cl)c(Cl)c1)C(=O)CN(c1ccc2c(c1)OCCO2)S(=O)(=O)CC. The minimum atomic E-state index is -3.87. The fraction of sp³-hybridized carbons (Fsp3) is 0.462. The van der Waals surface area contributed by atoms with Crippen LogP contribution in [-0.4, -0.2) is 62.7 Å². The standard InChI is InChI=1S/C26H33Cl2N3O6S/c1-5-22(26(33)29-17(3)4)30(15-18-7-9-20(27)21(28)13-18)25(32)16-31(38(34,35)6-2)19-8-10-23-24(14-19)37-12-11-36-23/h7-10,13-14,17,22H,5-6,11-12,15-16H2,1-4H3,(H,29,33)/t22-/m0/s1. The molecule has 12 heteroatoms. The lowest BCUT2D eigenvalue weighted by Gasteiger charge is -2.33. The van der Waals surface area contributed by atoms with Crippen molar-refractivity contribution in [3.8, 4) is 11.5 Å². The Morgan fingerprint density at radius 2 is 1.68 bits per heavy atom. The number of nitrogens with one attached hydrogen (secondary N) is 1. The van der Waals surface area contributed by atoms with Crippen LogP contribution in [0.2, 0.25) is 10.0 Å². The second-order valence-corrected chi connectivity index (χ2v) is 12.1. The van der Waals surface area contributed by atoms with E-state index in [0.29, 0.717) is 46.7 Å². The van der Waals surface area contributed by atoms with Gasteiger partial charge in [0.25, 0.3) is 0 Å². The van der Waals surface area contributed by atoms with Gasteiger partial charge in [-0.15, -0.1) is 0 Å². The van der Waals surface area contributed by atoms with Crippen molar-refractivity contribution in [3.63, 3.8) is 0 Å². The number of carbonyl (C=O) groups excluding carboxylic acids is 2. The van der Waals surface area contributed by atoms with E-state index >= 15 is 0 Å². The summed E-state index contributed by atoms with van der Waals surface area (Å²) in [7, 11) is -3.87. The summed E-state index contributed by atoms with van der Waals surface area (Å²) in [4.78, 5) is 28.3. The van der Waals surface area contributed by atoms with Crippen molar-refractivity contribution in [2.24, 2.45) is 0 Å². The lowest BCUT2D eigenvalue weighted by molar-refractivity contribution is -0.140. The Balaban J connectivity index is 2.00. The zero-order valence-electron chi connectivity index (χ0n) is 21.9. The van der Waals surface area contributed by atoms with Crippen LogP contribution in [0.3, 0.4) is 0 Å². The van der Waals surface area contributed by atoms with Crippen LogP contribution >= 0.6 is 23.2 Å². The van der Waals surface area contributed by atoms with E-state index in [1.807, 2.05) is 13.8 Å². The van der Waals surface area contributed by atoms with E-state index in [0.717, 1.165) is 4.31 Å². The highest BCUT2D eigenvalue weighted by molar-refractivity contribution is 7.92. The average Bonchev–Trinajstić information content (AvgIpc) is 2.88. The number of rotatable bonds is 11. The predicted molar refractivity (Wildman–Crippen MR) is 149 cm³/mol. The third kappa shape index (κ3) is 7.24. The number of nitrogens with zero attached hydrogens (tertiary/aromatic N) is 2. The molecule has 1 aliphatic heterocycles. The first-order valence-corrected chi connectivity index (χ1v) is 14.8. The van der Waals surface area contributed by atoms with E-state index in [-0.39, 0.29) is 29.9 Å². The highest BCUT2D eigenvalue weighted by Gasteiger charge is 2.33. The van der Waals surface area contributed by atoms with Gasteiger partial charge >= 0.3 is 0 Å². The van der Waals surface area contributed by atoms with Crippen LogP contribution in [0.1, 0.15) is 39.7 Å². The van der Waals surface area contributed by atoms with Gasteiger partial charge in [-0.3, -0.25) is 13.9 Å². The molecule has 9 nitrogen and oxygen atoms in total. The van der Waals surface area contributed by atoms with Crippen molar-refractivity contribution in [2.45, 2.75) is 52.7 Å². The minimum Gasteiger partial charge on any atom is -0.486 e. The zero-order valence-corrected chi connectivity index (χ0v) is 24.2. The minimum absolute atomic E-state index is 0.0287. The summed E-state index contributed by atoms with van der Waals surface area (Å²) in [6.07, 6.45) is 0.316. The Hall–Kier alpha value is -2.69. The number of ether oxygens (including phenoxy) is 2. The number of hydrogen-bond donors (Lipinski definition) is 1. The van der Waals surface area contributed by atoms with Crippen molar-refractivity contribution >= 4 is 50.7 Å². The van der Waals surface area contributed by atoms with E-state index in [4.69, 9.17) is 32.7 Å². The maximum Gasteiger partial charge on any atom is 0.244 e. The van der Waals surface area contributed by atoms with Crippen molar-refractivity contribution < 1.29 is 27.5 Å². The summed E-state index contributed by atoms with van der Waals surface area (Å²) in [5, 5.41) is 3.52. The molecule has 38 heavy (non-hydrogen) atoms. The number of halogens is 2. The van der Waals surface area contributed by atoms with Crippen molar-refractivity contribution in [2.75, 3.05) is 29.8 Å². The number of benzene rings is 2. The van der Waals surface area contributed by atoms with E-state index in [2.05, 4.69) is 5.32 Å². The topological polar surface area (TPSA) is 105 Å². The van der Waals surface area contributed by atoms with Gasteiger partial charge in [0.1, 0.15) is 25.8 Å². The molecule has 1 heterocycles. The number of anilines is 1. The monoisotopic (exact) mass is 585 g/mol. The number of amides is 2. The van der Waals surface area contributed by atoms with Crippen LogP contribution in [0.25, 0.3) is 0 Å². The van der Waals surface area contributed by atoms with Gasteiger partial charge in [-0.2, -0.15) is 0 Å². The van der Waals surface area contributed by atoms with Gasteiger partial charge in [0, 0.05) is 18.7 Å². The molecule has 0 aliphatic carbocycles. The normalized spacial score (nSPS) is 13.7. The highest BCUT2D eigenvalue weighted by Crippen LogP contribution is 2.35. The molecular formula is C26H33Cl2N3O6S. The maximum atomic E-state index is 13.8. The average molecular weight is 587 g/mol. The lowest BCUT2D eigenvalue weighted by Crippen LogP contribution is -2.53. The van der Waals surface area contributed by atoms with Crippen LogP contribution in [-0.2, 0) is 26.2 Å². The Morgan fingerprint density at radius 3 is 2.29 bits per heavy atom. The molecule has 0 radical (unpaired) electrons. The van der Waals surface area contributed by atoms with Gasteiger partial charge in [-0.05, 0) is 57.0 Å². The first kappa shape index (κ1) is 29.9. The van der Waals surface area contributed by atoms with E-state index in [9.17, 15) is 18.0 Å².